The molecule has 0 bridgehead atoms. The number of nitrogens with zero attached hydrogens (tertiary/aromatic N) is 1. The van der Waals surface area contributed by atoms with Gasteiger partial charge in [-0.1, -0.05) is 28.8 Å². The fraction of sp³-hybridized carbons (Fsp3) is 0.444. The molecule has 1 aliphatic carbocycles. The maximum atomic E-state index is 12.7. The van der Waals surface area contributed by atoms with Gasteiger partial charge in [0.1, 0.15) is 0 Å². The molecule has 1 heterocycles. The minimum Gasteiger partial charge on any atom is -0.274 e. The summed E-state index contributed by atoms with van der Waals surface area (Å²) in [4.78, 5) is 26.9. The highest BCUT2D eigenvalue weighted by Crippen LogP contribution is 2.42. The molecule has 1 saturated heterocycles. The summed E-state index contributed by atoms with van der Waals surface area (Å²) in [6.07, 6.45) is 1.45. The van der Waals surface area contributed by atoms with Crippen LogP contribution >= 0.6 is 0 Å². The number of fused-ring (bicyclic) bond motifs is 1. The first-order chi connectivity index (χ1) is 9.90. The highest BCUT2D eigenvalue weighted by atomic mass is 16.2. The largest absolute Gasteiger partial charge is 0.274 e. The second-order valence-electron chi connectivity index (χ2n) is 6.48. The van der Waals surface area contributed by atoms with Gasteiger partial charge >= 0.3 is 0 Å². The maximum absolute atomic E-state index is 12.7. The molecule has 0 spiro atoms. The van der Waals surface area contributed by atoms with Crippen LogP contribution < -0.4 is 4.90 Å². The normalized spacial score (nSPS) is 25.6. The molecular weight excluding hydrogens is 262 g/mol. The van der Waals surface area contributed by atoms with Gasteiger partial charge in [0, 0.05) is 0 Å². The van der Waals surface area contributed by atoms with Crippen molar-refractivity contribution in [2.24, 2.45) is 11.8 Å². The lowest BCUT2D eigenvalue weighted by molar-refractivity contribution is -0.122. The molecule has 2 aliphatic rings. The van der Waals surface area contributed by atoms with Crippen LogP contribution in [-0.2, 0) is 9.59 Å². The molecule has 21 heavy (non-hydrogen) atoms. The molecular formula is C18H21NO2. The van der Waals surface area contributed by atoms with Crippen LogP contribution in [0.5, 0.6) is 0 Å². The highest BCUT2D eigenvalue weighted by Gasteiger charge is 2.49. The average molecular weight is 283 g/mol. The Morgan fingerprint density at radius 3 is 1.90 bits per heavy atom. The van der Waals surface area contributed by atoms with E-state index >= 15 is 0 Å². The van der Waals surface area contributed by atoms with Gasteiger partial charge in [0.2, 0.25) is 11.8 Å². The molecule has 2 unspecified atom stereocenters. The Morgan fingerprint density at radius 2 is 1.43 bits per heavy atom. The summed E-state index contributed by atoms with van der Waals surface area (Å²) in [6.45, 7) is 8.12. The first-order valence-electron chi connectivity index (χ1n) is 7.50. The number of carbonyl (C=O) groups is 2. The third-order valence-corrected chi connectivity index (χ3v) is 4.93. The predicted molar refractivity (Wildman–Crippen MR) is 83.0 cm³/mol. The SMILES string of the molecule is CC1=C(C)CC2C(=O)N(c3ccc(C)cc3C)C(=O)C2C1. The second-order valence-corrected chi connectivity index (χ2v) is 6.48. The lowest BCUT2D eigenvalue weighted by atomic mass is 9.78. The number of allylic oxidation sites excluding steroid dienone is 2. The molecule has 2 atom stereocenters. The molecule has 3 rings (SSSR count). The van der Waals surface area contributed by atoms with Crippen LogP contribution in [0.2, 0.25) is 0 Å². The van der Waals surface area contributed by atoms with Gasteiger partial charge in [0.05, 0.1) is 17.5 Å². The maximum Gasteiger partial charge on any atom is 0.238 e. The van der Waals surface area contributed by atoms with Gasteiger partial charge in [-0.15, -0.1) is 0 Å². The van der Waals surface area contributed by atoms with Crippen molar-refractivity contribution in [3.63, 3.8) is 0 Å². The molecule has 3 nitrogen and oxygen atoms in total. The van der Waals surface area contributed by atoms with Gasteiger partial charge in [-0.3, -0.25) is 9.59 Å². The Kier molecular flexibility index (Phi) is 3.23. The molecule has 1 aromatic carbocycles. The average Bonchev–Trinajstić information content (AvgIpc) is 2.64. The van der Waals surface area contributed by atoms with Crippen molar-refractivity contribution in [2.45, 2.75) is 40.5 Å². The van der Waals surface area contributed by atoms with E-state index in [1.165, 1.54) is 16.0 Å². The van der Waals surface area contributed by atoms with E-state index in [9.17, 15) is 9.59 Å². The van der Waals surface area contributed by atoms with Crippen LogP contribution in [0.1, 0.15) is 37.8 Å². The van der Waals surface area contributed by atoms with Gasteiger partial charge in [-0.05, 0) is 52.2 Å². The number of benzene rings is 1. The molecule has 1 aromatic rings. The van der Waals surface area contributed by atoms with Crippen molar-refractivity contribution < 1.29 is 9.59 Å². The smallest absolute Gasteiger partial charge is 0.238 e. The summed E-state index contributed by atoms with van der Waals surface area (Å²) in [6, 6.07) is 5.87. The Bertz CT molecular complexity index is 640. The molecule has 0 aromatic heterocycles. The number of imide groups is 1. The van der Waals surface area contributed by atoms with Crippen LogP contribution in [-0.4, -0.2) is 11.8 Å². The van der Waals surface area contributed by atoms with Crippen LogP contribution in [0.4, 0.5) is 5.69 Å². The fourth-order valence-corrected chi connectivity index (χ4v) is 3.55. The van der Waals surface area contributed by atoms with Gasteiger partial charge in [-0.25, -0.2) is 4.90 Å². The lowest BCUT2D eigenvalue weighted by Gasteiger charge is -2.23. The summed E-state index contributed by atoms with van der Waals surface area (Å²) in [5.41, 5.74) is 5.40. The standard InChI is InChI=1S/C18H21NO2/c1-10-5-6-16(13(4)7-10)19-17(20)14-8-11(2)12(3)9-15(14)18(19)21/h5-7,14-15H,8-9H2,1-4H3. The molecule has 1 fully saturated rings. The Hall–Kier alpha value is -1.90. The van der Waals surface area contributed by atoms with Crippen molar-refractivity contribution in [3.8, 4) is 0 Å². The summed E-state index contributed by atoms with van der Waals surface area (Å²) in [5, 5.41) is 0. The molecule has 2 amide bonds. The lowest BCUT2D eigenvalue weighted by Crippen LogP contribution is -2.31. The van der Waals surface area contributed by atoms with E-state index in [4.69, 9.17) is 0 Å². The van der Waals surface area contributed by atoms with Crippen LogP contribution in [0.25, 0.3) is 0 Å². The van der Waals surface area contributed by atoms with E-state index in [-0.39, 0.29) is 23.7 Å². The quantitative estimate of drug-likeness (QED) is 0.584. The van der Waals surface area contributed by atoms with E-state index in [0.29, 0.717) is 0 Å². The number of hydrogen-bond donors (Lipinski definition) is 0. The minimum absolute atomic E-state index is 0.0243. The Balaban J connectivity index is 2.00. The first-order valence-corrected chi connectivity index (χ1v) is 7.50. The summed E-state index contributed by atoms with van der Waals surface area (Å²) in [7, 11) is 0. The number of amides is 2. The fourth-order valence-electron chi connectivity index (χ4n) is 3.55. The van der Waals surface area contributed by atoms with Crippen molar-refractivity contribution in [3.05, 3.63) is 40.5 Å². The molecule has 0 saturated carbocycles. The zero-order valence-electron chi connectivity index (χ0n) is 13.1. The van der Waals surface area contributed by atoms with E-state index in [2.05, 4.69) is 13.8 Å². The van der Waals surface area contributed by atoms with Crippen LogP contribution in [0.15, 0.2) is 29.3 Å². The second kappa shape index (κ2) is 4.83. The monoisotopic (exact) mass is 283 g/mol. The third kappa shape index (κ3) is 2.11. The van der Waals surface area contributed by atoms with E-state index in [0.717, 1.165) is 29.7 Å². The number of rotatable bonds is 1. The van der Waals surface area contributed by atoms with Crippen molar-refractivity contribution in [1.29, 1.82) is 0 Å². The van der Waals surface area contributed by atoms with Crippen LogP contribution in [0.3, 0.4) is 0 Å². The molecule has 1 aliphatic heterocycles. The molecule has 3 heteroatoms. The van der Waals surface area contributed by atoms with Gasteiger partial charge < -0.3 is 0 Å². The molecule has 0 N–H and O–H groups in total. The minimum atomic E-state index is -0.165. The van der Waals surface area contributed by atoms with E-state index < -0.39 is 0 Å². The Morgan fingerprint density at radius 1 is 0.905 bits per heavy atom. The van der Waals surface area contributed by atoms with Gasteiger partial charge in [0.25, 0.3) is 0 Å². The first kappa shape index (κ1) is 14.1. The number of anilines is 1. The van der Waals surface area contributed by atoms with Crippen molar-refractivity contribution in [2.75, 3.05) is 4.90 Å². The molecule has 110 valence electrons. The Labute approximate surface area is 125 Å². The summed E-state index contributed by atoms with van der Waals surface area (Å²) >= 11 is 0. The topological polar surface area (TPSA) is 37.4 Å². The van der Waals surface area contributed by atoms with Crippen LogP contribution in [0, 0.1) is 25.7 Å². The number of carbonyl (C=O) groups excluding carboxylic acids is 2. The van der Waals surface area contributed by atoms with Crippen molar-refractivity contribution >= 4 is 17.5 Å². The predicted octanol–water partition coefficient (Wildman–Crippen LogP) is 3.54. The zero-order valence-corrected chi connectivity index (χ0v) is 13.1. The number of aryl methyl sites for hydroxylation is 2. The van der Waals surface area contributed by atoms with Gasteiger partial charge in [-0.2, -0.15) is 0 Å². The summed E-state index contributed by atoms with van der Waals surface area (Å²) in [5.74, 6) is -0.378. The zero-order chi connectivity index (χ0) is 15.3. The van der Waals surface area contributed by atoms with E-state index in [1.807, 2.05) is 32.0 Å². The third-order valence-electron chi connectivity index (χ3n) is 4.93. The molecule has 0 radical (unpaired) electrons. The number of hydrogen-bond acceptors (Lipinski definition) is 2. The van der Waals surface area contributed by atoms with Gasteiger partial charge in [0.15, 0.2) is 0 Å². The highest BCUT2D eigenvalue weighted by molar-refractivity contribution is 6.22. The summed E-state index contributed by atoms with van der Waals surface area (Å²) < 4.78 is 0. The van der Waals surface area contributed by atoms with E-state index in [1.54, 1.807) is 0 Å². The van der Waals surface area contributed by atoms with Crippen molar-refractivity contribution in [1.82, 2.24) is 0 Å².